The largest absolute Gasteiger partial charge is 0.352 e. The lowest BCUT2D eigenvalue weighted by Crippen LogP contribution is -2.31. The van der Waals surface area contributed by atoms with Crippen LogP contribution in [0.15, 0.2) is 48.5 Å². The van der Waals surface area contributed by atoms with E-state index >= 15 is 0 Å². The normalized spacial score (nSPS) is 10.5. The molecule has 0 fully saturated rings. The number of likely N-dealkylation sites (N-methyl/N-ethyl adjacent to an activating group) is 1. The van der Waals surface area contributed by atoms with Gasteiger partial charge in [0, 0.05) is 43.0 Å². The number of hydrogen-bond acceptors (Lipinski definition) is 4. The second-order valence-corrected chi connectivity index (χ2v) is 7.40. The highest BCUT2D eigenvalue weighted by Crippen LogP contribution is 2.11. The predicted octanol–water partition coefficient (Wildman–Crippen LogP) is 2.44. The van der Waals surface area contributed by atoms with Crippen molar-refractivity contribution in [1.29, 1.82) is 0 Å². The number of anilines is 1. The minimum absolute atomic E-state index is 0.147. The van der Waals surface area contributed by atoms with Gasteiger partial charge in [0.05, 0.1) is 0 Å². The third kappa shape index (κ3) is 8.47. The van der Waals surface area contributed by atoms with E-state index < -0.39 is 6.03 Å². The highest BCUT2D eigenvalue weighted by Gasteiger charge is 2.09. The van der Waals surface area contributed by atoms with Gasteiger partial charge in [-0.1, -0.05) is 25.1 Å². The maximum atomic E-state index is 12.3. The summed E-state index contributed by atoms with van der Waals surface area (Å²) in [6, 6.07) is 13.5. The van der Waals surface area contributed by atoms with Gasteiger partial charge >= 0.3 is 6.03 Å². The fourth-order valence-electron chi connectivity index (χ4n) is 2.75. The van der Waals surface area contributed by atoms with Crippen LogP contribution in [0.2, 0.25) is 0 Å². The van der Waals surface area contributed by atoms with Gasteiger partial charge in [-0.15, -0.1) is 0 Å². The van der Waals surface area contributed by atoms with E-state index in [9.17, 15) is 14.4 Å². The Kier molecular flexibility index (Phi) is 9.51. The van der Waals surface area contributed by atoms with Crippen molar-refractivity contribution >= 4 is 23.5 Å². The number of urea groups is 1. The van der Waals surface area contributed by atoms with Crippen LogP contribution in [0.25, 0.3) is 0 Å². The standard InChI is InChI=1S/C23H31N5O3/c1-4-11-24-22(30)19-9-6-10-20(15-19)27-23(31)26-16-17-7-5-8-18(14-17)21(29)25-12-13-28(2)3/h5-10,14-15H,4,11-13,16H2,1-3H3,(H,24,30)(H,25,29)(H2,26,27,31). The Labute approximate surface area is 183 Å². The molecule has 0 bridgehead atoms. The van der Waals surface area contributed by atoms with Gasteiger partial charge in [-0.3, -0.25) is 9.59 Å². The number of benzene rings is 2. The first-order valence-electron chi connectivity index (χ1n) is 10.3. The first-order chi connectivity index (χ1) is 14.9. The quantitative estimate of drug-likeness (QED) is 0.469. The Bertz CT molecular complexity index is 898. The molecule has 0 saturated heterocycles. The summed E-state index contributed by atoms with van der Waals surface area (Å²) in [5, 5.41) is 11.2. The second-order valence-electron chi connectivity index (χ2n) is 7.40. The van der Waals surface area contributed by atoms with E-state index in [-0.39, 0.29) is 18.4 Å². The zero-order valence-electron chi connectivity index (χ0n) is 18.3. The van der Waals surface area contributed by atoms with Gasteiger partial charge in [0.1, 0.15) is 0 Å². The molecule has 4 N–H and O–H groups in total. The lowest BCUT2D eigenvalue weighted by atomic mass is 10.1. The maximum Gasteiger partial charge on any atom is 0.319 e. The van der Waals surface area contributed by atoms with Gasteiger partial charge in [-0.05, 0) is 56.4 Å². The minimum atomic E-state index is -0.396. The molecule has 0 aliphatic carbocycles. The van der Waals surface area contributed by atoms with Crippen molar-refractivity contribution in [3.8, 4) is 0 Å². The van der Waals surface area contributed by atoms with Crippen LogP contribution in [0, 0.1) is 0 Å². The molecule has 0 aromatic heterocycles. The SMILES string of the molecule is CCCNC(=O)c1cccc(NC(=O)NCc2cccc(C(=O)NCCN(C)C)c2)c1. The third-order valence-electron chi connectivity index (χ3n) is 4.41. The van der Waals surface area contributed by atoms with Gasteiger partial charge in [0.2, 0.25) is 0 Å². The topological polar surface area (TPSA) is 103 Å². The van der Waals surface area contributed by atoms with Crippen LogP contribution >= 0.6 is 0 Å². The third-order valence-corrected chi connectivity index (χ3v) is 4.41. The predicted molar refractivity (Wildman–Crippen MR) is 122 cm³/mol. The Morgan fingerprint density at radius 3 is 2.16 bits per heavy atom. The second kappa shape index (κ2) is 12.3. The van der Waals surface area contributed by atoms with Gasteiger partial charge in [-0.25, -0.2) is 4.79 Å². The van der Waals surface area contributed by atoms with Crippen molar-refractivity contribution in [2.24, 2.45) is 0 Å². The van der Waals surface area contributed by atoms with E-state index in [1.54, 1.807) is 42.5 Å². The fraction of sp³-hybridized carbons (Fsp3) is 0.348. The average molecular weight is 426 g/mol. The summed E-state index contributed by atoms with van der Waals surface area (Å²) in [6.07, 6.45) is 0.852. The molecule has 166 valence electrons. The molecule has 0 unspecified atom stereocenters. The maximum absolute atomic E-state index is 12.3. The number of rotatable bonds is 10. The van der Waals surface area contributed by atoms with E-state index in [0.717, 1.165) is 18.5 Å². The van der Waals surface area contributed by atoms with E-state index in [1.165, 1.54) is 0 Å². The minimum Gasteiger partial charge on any atom is -0.352 e. The van der Waals surface area contributed by atoms with Crippen LogP contribution in [-0.2, 0) is 6.54 Å². The number of nitrogens with one attached hydrogen (secondary N) is 4. The smallest absolute Gasteiger partial charge is 0.319 e. The van der Waals surface area contributed by atoms with E-state index in [1.807, 2.05) is 32.0 Å². The first-order valence-corrected chi connectivity index (χ1v) is 10.3. The summed E-state index contributed by atoms with van der Waals surface area (Å²) in [5.41, 5.74) is 2.36. The van der Waals surface area contributed by atoms with Crippen molar-refractivity contribution in [3.63, 3.8) is 0 Å². The molecule has 2 aromatic rings. The lowest BCUT2D eigenvalue weighted by Gasteiger charge is -2.12. The summed E-state index contributed by atoms with van der Waals surface area (Å²) >= 11 is 0. The summed E-state index contributed by atoms with van der Waals surface area (Å²) in [7, 11) is 3.89. The molecule has 31 heavy (non-hydrogen) atoms. The van der Waals surface area contributed by atoms with Crippen molar-refractivity contribution in [2.45, 2.75) is 19.9 Å². The van der Waals surface area contributed by atoms with Crippen molar-refractivity contribution < 1.29 is 14.4 Å². The monoisotopic (exact) mass is 425 g/mol. The molecular weight excluding hydrogens is 394 g/mol. The van der Waals surface area contributed by atoms with Crippen molar-refractivity contribution in [3.05, 3.63) is 65.2 Å². The van der Waals surface area contributed by atoms with E-state index in [4.69, 9.17) is 0 Å². The number of carbonyl (C=O) groups excluding carboxylic acids is 3. The van der Waals surface area contributed by atoms with Crippen LogP contribution in [-0.4, -0.2) is 56.5 Å². The van der Waals surface area contributed by atoms with Crippen LogP contribution in [0.5, 0.6) is 0 Å². The molecule has 0 spiro atoms. The van der Waals surface area contributed by atoms with Crippen LogP contribution in [0.4, 0.5) is 10.5 Å². The molecule has 0 heterocycles. The lowest BCUT2D eigenvalue weighted by molar-refractivity contribution is 0.0944. The first kappa shape index (κ1) is 23.9. The van der Waals surface area contributed by atoms with Crippen molar-refractivity contribution in [2.75, 3.05) is 39.0 Å². The summed E-state index contributed by atoms with van der Waals surface area (Å²) < 4.78 is 0. The molecule has 0 radical (unpaired) electrons. The zero-order chi connectivity index (χ0) is 22.6. The molecular formula is C23H31N5O3. The van der Waals surface area contributed by atoms with Gasteiger partial charge in [0.15, 0.2) is 0 Å². The number of nitrogens with zero attached hydrogens (tertiary/aromatic N) is 1. The Hall–Kier alpha value is -3.39. The number of amides is 4. The molecule has 4 amide bonds. The highest BCUT2D eigenvalue weighted by atomic mass is 16.2. The Morgan fingerprint density at radius 1 is 0.839 bits per heavy atom. The van der Waals surface area contributed by atoms with Crippen LogP contribution in [0.3, 0.4) is 0 Å². The van der Waals surface area contributed by atoms with Crippen LogP contribution < -0.4 is 21.3 Å². The van der Waals surface area contributed by atoms with Crippen molar-refractivity contribution in [1.82, 2.24) is 20.9 Å². The van der Waals surface area contributed by atoms with Crippen LogP contribution in [0.1, 0.15) is 39.6 Å². The highest BCUT2D eigenvalue weighted by molar-refractivity contribution is 5.97. The summed E-state index contributed by atoms with van der Waals surface area (Å²) in [6.45, 7) is 4.17. The zero-order valence-corrected chi connectivity index (χ0v) is 18.3. The van der Waals surface area contributed by atoms with E-state index in [0.29, 0.717) is 29.9 Å². The van der Waals surface area contributed by atoms with E-state index in [2.05, 4.69) is 21.3 Å². The fourth-order valence-corrected chi connectivity index (χ4v) is 2.75. The molecule has 2 rings (SSSR count). The Balaban J connectivity index is 1.87. The molecule has 0 atom stereocenters. The number of hydrogen-bond donors (Lipinski definition) is 4. The van der Waals surface area contributed by atoms with Gasteiger partial charge in [0.25, 0.3) is 11.8 Å². The molecule has 2 aromatic carbocycles. The molecule has 8 nitrogen and oxygen atoms in total. The average Bonchev–Trinajstić information content (AvgIpc) is 2.76. The molecule has 0 aliphatic heterocycles. The number of carbonyl (C=O) groups is 3. The van der Waals surface area contributed by atoms with Gasteiger partial charge < -0.3 is 26.2 Å². The summed E-state index contributed by atoms with van der Waals surface area (Å²) in [5.74, 6) is -0.321. The summed E-state index contributed by atoms with van der Waals surface area (Å²) in [4.78, 5) is 38.6. The van der Waals surface area contributed by atoms with Gasteiger partial charge in [-0.2, -0.15) is 0 Å². The molecule has 0 aliphatic rings. The molecule has 0 saturated carbocycles. The Morgan fingerprint density at radius 2 is 1.48 bits per heavy atom. The molecule has 8 heteroatoms.